The molecule has 0 radical (unpaired) electrons. The van der Waals surface area contributed by atoms with Crippen molar-refractivity contribution >= 4 is 52.6 Å². The Labute approximate surface area is 272 Å². The van der Waals surface area contributed by atoms with Crippen LogP contribution in [0.3, 0.4) is 0 Å². The second kappa shape index (κ2) is 18.0. The van der Waals surface area contributed by atoms with Crippen LogP contribution in [0.15, 0.2) is 0 Å². The molecule has 2 saturated heterocycles. The minimum absolute atomic E-state index is 0.0146. The van der Waals surface area contributed by atoms with Crippen LogP contribution in [0, 0.1) is 0 Å². The summed E-state index contributed by atoms with van der Waals surface area (Å²) >= 11 is 0. The number of hydrogen-bond acceptors (Lipinski definition) is 18. The molecule has 2 aliphatic rings. The number of carbonyl (C=O) groups is 7. The standard InChI is InChI=1S/C28H40O18S/c1-9-47(36)28-26(44-18(8)35)24(42-16(6)33)22(40-14(4)31)20(46-28)11-38-27-25(43-17(7)34)23(41-15(5)32)21(39-13(3)30)19(45-27)10-37-12(2)29/h19-28H,9-11H2,1-8H3/t19-,20-,21-,22-,23+,24+,25-,26-,27-,28+,47?/m1/s1. The van der Waals surface area contributed by atoms with E-state index in [1.165, 1.54) is 0 Å². The third-order valence-electron chi connectivity index (χ3n) is 6.41. The Kier molecular flexibility index (Phi) is 15.1. The van der Waals surface area contributed by atoms with Gasteiger partial charge < -0.3 is 47.4 Å². The van der Waals surface area contributed by atoms with Crippen molar-refractivity contribution in [2.75, 3.05) is 19.0 Å². The monoisotopic (exact) mass is 696 g/mol. The molecule has 2 heterocycles. The first-order valence-electron chi connectivity index (χ1n) is 14.4. The van der Waals surface area contributed by atoms with Gasteiger partial charge in [0, 0.05) is 54.2 Å². The summed E-state index contributed by atoms with van der Waals surface area (Å²) in [5, 5.41) is 0. The van der Waals surface area contributed by atoms with E-state index in [-0.39, 0.29) is 5.75 Å². The Balaban J connectivity index is 2.58. The van der Waals surface area contributed by atoms with Gasteiger partial charge in [0.2, 0.25) is 0 Å². The molecule has 2 fully saturated rings. The van der Waals surface area contributed by atoms with Crippen molar-refractivity contribution in [3.63, 3.8) is 0 Å². The zero-order chi connectivity index (χ0) is 35.6. The van der Waals surface area contributed by atoms with Gasteiger partial charge in [0.25, 0.3) is 0 Å². The van der Waals surface area contributed by atoms with Gasteiger partial charge in [0.05, 0.1) is 17.4 Å². The molecule has 0 saturated carbocycles. The van der Waals surface area contributed by atoms with Gasteiger partial charge in [0.15, 0.2) is 48.3 Å². The third-order valence-corrected chi connectivity index (χ3v) is 7.88. The molecule has 47 heavy (non-hydrogen) atoms. The normalized spacial score (nSPS) is 30.9. The molecule has 266 valence electrons. The van der Waals surface area contributed by atoms with Crippen LogP contribution in [0.5, 0.6) is 0 Å². The Bertz CT molecular complexity index is 1200. The van der Waals surface area contributed by atoms with Gasteiger partial charge in [-0.15, -0.1) is 0 Å². The molecule has 0 aromatic heterocycles. The SMILES string of the molecule is CCS(=O)[C@@H]1O[C@H](CO[C@@H]2O[C@H](COC(C)=O)[C@@H](OC(C)=O)[C@H](OC(C)=O)[C@H]2OC(C)=O)[C@@H](OC(C)=O)[C@H](OC(C)=O)[C@H]1OC(C)=O. The lowest BCUT2D eigenvalue weighted by Crippen LogP contribution is -2.65. The fourth-order valence-corrected chi connectivity index (χ4v) is 5.98. The van der Waals surface area contributed by atoms with Gasteiger partial charge in [-0.2, -0.15) is 0 Å². The van der Waals surface area contributed by atoms with E-state index in [2.05, 4.69) is 0 Å². The van der Waals surface area contributed by atoms with Crippen LogP contribution in [-0.4, -0.2) is 126 Å². The molecular formula is C28H40O18S. The maximum atomic E-state index is 13.1. The first kappa shape index (κ1) is 39.5. The van der Waals surface area contributed by atoms with Crippen LogP contribution in [0.2, 0.25) is 0 Å². The van der Waals surface area contributed by atoms with Crippen LogP contribution in [0.1, 0.15) is 55.4 Å². The van der Waals surface area contributed by atoms with Crippen molar-refractivity contribution in [1.82, 2.24) is 0 Å². The fraction of sp³-hybridized carbons (Fsp3) is 0.750. The minimum Gasteiger partial charge on any atom is -0.463 e. The molecule has 0 amide bonds. The summed E-state index contributed by atoms with van der Waals surface area (Å²) in [6.45, 7) is 7.85. The first-order valence-corrected chi connectivity index (χ1v) is 15.8. The van der Waals surface area contributed by atoms with Crippen molar-refractivity contribution in [3.05, 3.63) is 0 Å². The van der Waals surface area contributed by atoms with E-state index in [0.717, 1.165) is 48.5 Å². The highest BCUT2D eigenvalue weighted by atomic mass is 32.2. The van der Waals surface area contributed by atoms with E-state index in [1.807, 2.05) is 0 Å². The topological polar surface area (TPSA) is 229 Å². The van der Waals surface area contributed by atoms with Crippen molar-refractivity contribution in [3.8, 4) is 0 Å². The Morgan fingerprint density at radius 2 is 0.894 bits per heavy atom. The number of hydrogen-bond donors (Lipinski definition) is 0. The van der Waals surface area contributed by atoms with E-state index in [4.69, 9.17) is 47.4 Å². The highest BCUT2D eigenvalue weighted by molar-refractivity contribution is 7.85. The third kappa shape index (κ3) is 11.8. The maximum Gasteiger partial charge on any atom is 0.303 e. The fourth-order valence-electron chi connectivity index (χ4n) is 4.88. The molecule has 1 unspecified atom stereocenters. The second-order valence-corrected chi connectivity index (χ2v) is 12.1. The molecule has 0 aromatic rings. The van der Waals surface area contributed by atoms with Crippen LogP contribution in [0.25, 0.3) is 0 Å². The van der Waals surface area contributed by atoms with Gasteiger partial charge in [0.1, 0.15) is 18.8 Å². The highest BCUT2D eigenvalue weighted by Crippen LogP contribution is 2.33. The molecule has 19 heteroatoms. The molecular weight excluding hydrogens is 656 g/mol. The summed E-state index contributed by atoms with van der Waals surface area (Å²) in [7, 11) is -1.84. The van der Waals surface area contributed by atoms with Crippen molar-refractivity contribution < 1.29 is 85.1 Å². The molecule has 2 aliphatic heterocycles. The van der Waals surface area contributed by atoms with E-state index >= 15 is 0 Å². The summed E-state index contributed by atoms with van der Waals surface area (Å²) < 4.78 is 68.2. The van der Waals surface area contributed by atoms with Crippen LogP contribution >= 0.6 is 0 Å². The average molecular weight is 697 g/mol. The molecule has 0 aromatic carbocycles. The van der Waals surface area contributed by atoms with E-state index in [9.17, 15) is 37.8 Å². The minimum atomic E-state index is -1.84. The van der Waals surface area contributed by atoms with Gasteiger partial charge in [-0.1, -0.05) is 6.92 Å². The van der Waals surface area contributed by atoms with E-state index in [1.54, 1.807) is 6.92 Å². The number of carbonyl (C=O) groups excluding carboxylic acids is 7. The van der Waals surface area contributed by atoms with Gasteiger partial charge >= 0.3 is 41.8 Å². The van der Waals surface area contributed by atoms with Gasteiger partial charge in [-0.05, 0) is 0 Å². The first-order chi connectivity index (χ1) is 21.9. The lowest BCUT2D eigenvalue weighted by Gasteiger charge is -2.46. The largest absolute Gasteiger partial charge is 0.463 e. The molecule has 0 aliphatic carbocycles. The van der Waals surface area contributed by atoms with Gasteiger partial charge in [-0.3, -0.25) is 37.8 Å². The summed E-state index contributed by atoms with van der Waals surface area (Å²) in [4.78, 5) is 84.2. The van der Waals surface area contributed by atoms with Crippen LogP contribution in [0.4, 0.5) is 0 Å². The number of rotatable bonds is 13. The smallest absolute Gasteiger partial charge is 0.303 e. The zero-order valence-corrected chi connectivity index (χ0v) is 28.0. The Hall–Kier alpha value is -3.68. The zero-order valence-electron chi connectivity index (χ0n) is 27.2. The lowest BCUT2D eigenvalue weighted by molar-refractivity contribution is -0.317. The summed E-state index contributed by atoms with van der Waals surface area (Å²) in [5.74, 6) is -5.84. The maximum absolute atomic E-state index is 13.1. The number of esters is 7. The van der Waals surface area contributed by atoms with Crippen molar-refractivity contribution in [1.29, 1.82) is 0 Å². The van der Waals surface area contributed by atoms with Crippen LogP contribution < -0.4 is 0 Å². The van der Waals surface area contributed by atoms with Gasteiger partial charge in [-0.25, -0.2) is 0 Å². The highest BCUT2D eigenvalue weighted by Gasteiger charge is 2.56. The number of ether oxygens (including phenoxy) is 10. The quantitative estimate of drug-likeness (QED) is 0.172. The van der Waals surface area contributed by atoms with E-state index in [0.29, 0.717) is 0 Å². The Morgan fingerprint density at radius 3 is 1.32 bits per heavy atom. The van der Waals surface area contributed by atoms with E-state index < -0.39 is 126 Å². The Morgan fingerprint density at radius 1 is 0.511 bits per heavy atom. The van der Waals surface area contributed by atoms with Crippen molar-refractivity contribution in [2.45, 2.75) is 116 Å². The second-order valence-electron chi connectivity index (χ2n) is 10.3. The summed E-state index contributed by atoms with van der Waals surface area (Å²) in [6.07, 6.45) is -13.4. The molecule has 0 bridgehead atoms. The summed E-state index contributed by atoms with van der Waals surface area (Å²) in [6, 6.07) is 0. The van der Waals surface area contributed by atoms with Crippen molar-refractivity contribution in [2.24, 2.45) is 0 Å². The molecule has 18 nitrogen and oxygen atoms in total. The predicted octanol–water partition coefficient (Wildman–Crippen LogP) is -0.625. The molecule has 0 N–H and O–H groups in total. The summed E-state index contributed by atoms with van der Waals surface area (Å²) in [5.41, 5.74) is -1.40. The molecule has 0 spiro atoms. The molecule has 2 rings (SSSR count). The van der Waals surface area contributed by atoms with Crippen LogP contribution in [-0.2, 0) is 91.7 Å². The lowest BCUT2D eigenvalue weighted by atomic mass is 9.97. The average Bonchev–Trinajstić information content (AvgIpc) is 2.94. The molecule has 11 atom stereocenters. The predicted molar refractivity (Wildman–Crippen MR) is 152 cm³/mol.